The number of carbonyl (C=O) groups is 1. The topological polar surface area (TPSA) is 121 Å². The zero-order valence-corrected chi connectivity index (χ0v) is 18.6. The van der Waals surface area contributed by atoms with E-state index in [1.165, 1.54) is 28.5 Å². The molecule has 1 aromatic heterocycles. The maximum absolute atomic E-state index is 13.2. The highest BCUT2D eigenvalue weighted by molar-refractivity contribution is 7.91. The molecule has 0 fully saturated rings. The molecule has 10 heteroatoms. The molecule has 0 bridgehead atoms. The fourth-order valence-electron chi connectivity index (χ4n) is 4.79. The molecule has 31 heavy (non-hydrogen) atoms. The third-order valence-corrected chi connectivity index (χ3v) is 7.84. The molecular weight excluding hydrogens is 418 g/mol. The smallest absolute Gasteiger partial charge is 0.354 e. The first-order valence-corrected chi connectivity index (χ1v) is 12.1. The summed E-state index contributed by atoms with van der Waals surface area (Å²) in [6.45, 7) is 2.57. The lowest BCUT2D eigenvalue weighted by Gasteiger charge is -2.32. The van der Waals surface area contributed by atoms with Crippen LogP contribution in [0.1, 0.15) is 42.0 Å². The van der Waals surface area contributed by atoms with Gasteiger partial charge in [-0.05, 0) is 67.7 Å². The van der Waals surface area contributed by atoms with E-state index in [9.17, 15) is 9.00 Å². The van der Waals surface area contributed by atoms with E-state index in [1.54, 1.807) is 11.8 Å². The van der Waals surface area contributed by atoms with Gasteiger partial charge >= 0.3 is 6.03 Å². The molecule has 2 aromatic rings. The number of aromatic nitrogens is 2. The normalized spacial score (nSPS) is 23.3. The standard InChI is InChI=1S/C21H27N5O4S/c1-21(29-2)11-26-19(30-12-21)17(10-23-26)31(22,28)25-20(27)24-18-15-7-3-5-13(15)9-14-6-4-8-16(14)18/h9-10H,3-8,11-12H2,1-2H3,(H3,22,24,25,27,28)/t21-,31+/m1/s1. The maximum Gasteiger partial charge on any atom is 0.354 e. The van der Waals surface area contributed by atoms with Crippen LogP contribution >= 0.6 is 0 Å². The predicted molar refractivity (Wildman–Crippen MR) is 116 cm³/mol. The number of rotatable bonds is 3. The molecule has 2 amide bonds. The van der Waals surface area contributed by atoms with Crippen LogP contribution in [0.15, 0.2) is 21.5 Å². The number of amides is 2. The van der Waals surface area contributed by atoms with Crippen LogP contribution in [0.3, 0.4) is 0 Å². The second kappa shape index (κ2) is 7.32. The number of ether oxygens (including phenoxy) is 2. The number of anilines is 1. The molecule has 1 aliphatic heterocycles. The van der Waals surface area contributed by atoms with Crippen LogP contribution in [0, 0.1) is 0 Å². The van der Waals surface area contributed by atoms with E-state index in [0.29, 0.717) is 6.54 Å². The van der Waals surface area contributed by atoms with E-state index in [0.717, 1.165) is 44.2 Å². The van der Waals surface area contributed by atoms with Gasteiger partial charge in [0.25, 0.3) is 0 Å². The largest absolute Gasteiger partial charge is 0.474 e. The van der Waals surface area contributed by atoms with Crippen LogP contribution < -0.4 is 15.2 Å². The number of urea groups is 1. The van der Waals surface area contributed by atoms with Crippen LogP contribution in [0.25, 0.3) is 0 Å². The number of fused-ring (bicyclic) bond motifs is 3. The summed E-state index contributed by atoms with van der Waals surface area (Å²) >= 11 is 0. The Labute approximate surface area is 181 Å². The fraction of sp³-hybridized carbons (Fsp3) is 0.524. The fourth-order valence-corrected chi connectivity index (χ4v) is 5.80. The van der Waals surface area contributed by atoms with Crippen LogP contribution in [0.4, 0.5) is 10.5 Å². The van der Waals surface area contributed by atoms with Crippen molar-refractivity contribution in [3.05, 3.63) is 34.5 Å². The number of benzene rings is 1. The lowest BCUT2D eigenvalue weighted by molar-refractivity contribution is -0.0654. The maximum atomic E-state index is 13.2. The highest BCUT2D eigenvalue weighted by Gasteiger charge is 2.35. The Hall–Kier alpha value is -2.43. The van der Waals surface area contributed by atoms with Crippen molar-refractivity contribution in [1.29, 1.82) is 0 Å². The van der Waals surface area contributed by atoms with E-state index in [2.05, 4.69) is 20.8 Å². The lowest BCUT2D eigenvalue weighted by atomic mass is 9.99. The summed E-state index contributed by atoms with van der Waals surface area (Å²) in [6.07, 6.45) is 7.41. The number of nitrogens with one attached hydrogen (secondary N) is 1. The Morgan fingerprint density at radius 1 is 1.29 bits per heavy atom. The van der Waals surface area contributed by atoms with Gasteiger partial charge in [-0.15, -0.1) is 4.36 Å². The monoisotopic (exact) mass is 445 g/mol. The average Bonchev–Trinajstić information content (AvgIpc) is 3.46. The number of nitrogens with zero attached hydrogens (tertiary/aromatic N) is 3. The van der Waals surface area contributed by atoms with Gasteiger partial charge in [0.2, 0.25) is 5.88 Å². The number of methoxy groups -OCH3 is 1. The number of aryl methyl sites for hydroxylation is 2. The summed E-state index contributed by atoms with van der Waals surface area (Å²) in [6, 6.07) is 1.58. The Bertz CT molecular complexity index is 1160. The highest BCUT2D eigenvalue weighted by atomic mass is 32.2. The van der Waals surface area contributed by atoms with Gasteiger partial charge in [0, 0.05) is 12.8 Å². The lowest BCUT2D eigenvalue weighted by Crippen LogP contribution is -2.43. The molecule has 3 N–H and O–H groups in total. The molecule has 0 unspecified atom stereocenters. The summed E-state index contributed by atoms with van der Waals surface area (Å²) in [7, 11) is -1.94. The summed E-state index contributed by atoms with van der Waals surface area (Å²) in [5, 5.41) is 13.1. The van der Waals surface area contributed by atoms with Crippen LogP contribution in [-0.2, 0) is 46.9 Å². The number of carbonyl (C=O) groups excluding carboxylic acids is 1. The molecule has 2 aliphatic carbocycles. The van der Waals surface area contributed by atoms with Gasteiger partial charge < -0.3 is 14.8 Å². The summed E-state index contributed by atoms with van der Waals surface area (Å²) in [5.41, 5.74) is 5.25. The molecule has 3 aliphatic rings. The molecule has 0 saturated carbocycles. The molecule has 2 atom stereocenters. The van der Waals surface area contributed by atoms with Crippen LogP contribution in [0.2, 0.25) is 0 Å². The van der Waals surface area contributed by atoms with Crippen molar-refractivity contribution >= 4 is 21.6 Å². The molecule has 9 nitrogen and oxygen atoms in total. The third kappa shape index (κ3) is 3.52. The zero-order chi connectivity index (χ0) is 21.8. The van der Waals surface area contributed by atoms with Crippen LogP contribution in [-0.4, -0.2) is 39.3 Å². The SMILES string of the molecule is CO[C@@]1(C)COc2c([S@@](N)(=O)=NC(=O)Nc3c4c(cc5c3CCC5)CCC4)cnn2C1. The van der Waals surface area contributed by atoms with Crippen molar-refractivity contribution in [1.82, 2.24) is 9.78 Å². The predicted octanol–water partition coefficient (Wildman–Crippen LogP) is 2.59. The molecule has 166 valence electrons. The zero-order valence-electron chi connectivity index (χ0n) is 17.8. The Balaban J connectivity index is 1.45. The molecule has 0 saturated heterocycles. The molecule has 0 radical (unpaired) electrons. The van der Waals surface area contributed by atoms with Gasteiger partial charge in [-0.25, -0.2) is 18.8 Å². The van der Waals surface area contributed by atoms with Crippen molar-refractivity contribution in [2.45, 2.75) is 62.5 Å². The summed E-state index contributed by atoms with van der Waals surface area (Å²) < 4.78 is 29.8. The number of hydrogen-bond donors (Lipinski definition) is 2. The highest BCUT2D eigenvalue weighted by Crippen LogP contribution is 2.39. The van der Waals surface area contributed by atoms with E-state index >= 15 is 0 Å². The first kappa shape index (κ1) is 20.5. The second-order valence-corrected chi connectivity index (χ2v) is 10.5. The Morgan fingerprint density at radius 2 is 1.97 bits per heavy atom. The van der Waals surface area contributed by atoms with Crippen molar-refractivity contribution in [3.63, 3.8) is 0 Å². The quantitative estimate of drug-likeness (QED) is 0.752. The Morgan fingerprint density at radius 3 is 2.61 bits per heavy atom. The number of hydrogen-bond acceptors (Lipinski definition) is 5. The van der Waals surface area contributed by atoms with Crippen LogP contribution in [0.5, 0.6) is 5.88 Å². The van der Waals surface area contributed by atoms with E-state index in [1.807, 2.05) is 6.92 Å². The first-order valence-electron chi connectivity index (χ1n) is 10.6. The van der Waals surface area contributed by atoms with Crippen molar-refractivity contribution < 1.29 is 18.5 Å². The van der Waals surface area contributed by atoms with Gasteiger partial charge in [-0.1, -0.05) is 6.07 Å². The minimum Gasteiger partial charge on any atom is -0.474 e. The first-order chi connectivity index (χ1) is 14.8. The van der Waals surface area contributed by atoms with Gasteiger partial charge in [0.15, 0.2) is 9.92 Å². The second-order valence-electron chi connectivity index (χ2n) is 8.74. The van der Waals surface area contributed by atoms with E-state index in [4.69, 9.17) is 14.6 Å². The van der Waals surface area contributed by atoms with Crippen molar-refractivity contribution in [2.75, 3.05) is 19.0 Å². The van der Waals surface area contributed by atoms with Gasteiger partial charge in [-0.3, -0.25) is 0 Å². The molecule has 0 spiro atoms. The summed E-state index contributed by atoms with van der Waals surface area (Å²) in [5.74, 6) is 0.264. The van der Waals surface area contributed by atoms with E-state index in [-0.39, 0.29) is 17.4 Å². The molecule has 2 heterocycles. The van der Waals surface area contributed by atoms with Gasteiger partial charge in [0.05, 0.1) is 12.7 Å². The third-order valence-electron chi connectivity index (χ3n) is 6.49. The molecular formula is C21H27N5O4S. The van der Waals surface area contributed by atoms with Crippen molar-refractivity contribution in [3.8, 4) is 5.88 Å². The molecule has 1 aromatic carbocycles. The average molecular weight is 446 g/mol. The minimum atomic E-state index is -3.54. The molecule has 5 rings (SSSR count). The Kier molecular flexibility index (Phi) is 4.83. The summed E-state index contributed by atoms with van der Waals surface area (Å²) in [4.78, 5) is 12.9. The number of nitrogens with two attached hydrogens (primary N) is 1. The van der Waals surface area contributed by atoms with Crippen molar-refractivity contribution in [2.24, 2.45) is 9.50 Å². The van der Waals surface area contributed by atoms with E-state index < -0.39 is 21.5 Å². The van der Waals surface area contributed by atoms with Gasteiger partial charge in [0.1, 0.15) is 17.1 Å². The van der Waals surface area contributed by atoms with Gasteiger partial charge in [-0.2, -0.15) is 5.10 Å². The minimum absolute atomic E-state index is 0.115.